The minimum absolute atomic E-state index is 0.158. The summed E-state index contributed by atoms with van der Waals surface area (Å²) in [5.74, 6) is -0.385. The highest BCUT2D eigenvalue weighted by Gasteiger charge is 2.19. The maximum Gasteiger partial charge on any atom is 0.340 e. The second kappa shape index (κ2) is 7.10. The van der Waals surface area contributed by atoms with Gasteiger partial charge in [-0.2, -0.15) is 0 Å². The van der Waals surface area contributed by atoms with Gasteiger partial charge in [0.1, 0.15) is 5.00 Å². The first-order chi connectivity index (χ1) is 10.8. The molecule has 0 spiro atoms. The summed E-state index contributed by atoms with van der Waals surface area (Å²) < 4.78 is 4.87. The molecule has 1 heterocycles. The monoisotopic (exact) mass is 348 g/mol. The zero-order valence-corrected chi connectivity index (χ0v) is 15.2. The van der Waals surface area contributed by atoms with E-state index in [9.17, 15) is 4.79 Å². The van der Waals surface area contributed by atoms with Gasteiger partial charge in [0, 0.05) is 10.4 Å². The molecule has 1 aromatic heterocycles. The number of carbonyl (C=O) groups excluding carboxylic acids is 1. The van der Waals surface area contributed by atoms with E-state index in [4.69, 9.17) is 17.0 Å². The number of benzene rings is 1. The van der Waals surface area contributed by atoms with Crippen LogP contribution in [0.4, 0.5) is 5.00 Å². The fourth-order valence-corrected chi connectivity index (χ4v) is 3.49. The molecule has 0 unspecified atom stereocenters. The van der Waals surface area contributed by atoms with Gasteiger partial charge in [-0.05, 0) is 44.6 Å². The van der Waals surface area contributed by atoms with Crippen LogP contribution >= 0.6 is 23.6 Å². The molecule has 2 aromatic rings. The van der Waals surface area contributed by atoms with E-state index < -0.39 is 0 Å². The van der Waals surface area contributed by atoms with Crippen LogP contribution in [0.15, 0.2) is 36.4 Å². The van der Waals surface area contributed by atoms with Crippen molar-refractivity contribution in [2.75, 3.05) is 12.4 Å². The molecular formula is C17H20N2O2S2. The van der Waals surface area contributed by atoms with Crippen LogP contribution in [0.2, 0.25) is 0 Å². The normalized spacial score (nSPS) is 11.0. The summed E-state index contributed by atoms with van der Waals surface area (Å²) in [4.78, 5) is 13.0. The third-order valence-electron chi connectivity index (χ3n) is 2.91. The Morgan fingerprint density at radius 1 is 1.22 bits per heavy atom. The second-order valence-electron chi connectivity index (χ2n) is 6.04. The number of rotatable bonds is 3. The van der Waals surface area contributed by atoms with E-state index in [1.54, 1.807) is 0 Å². The molecule has 0 aliphatic carbocycles. The van der Waals surface area contributed by atoms with Crippen LogP contribution in [-0.4, -0.2) is 23.7 Å². The number of methoxy groups -OCH3 is 1. The van der Waals surface area contributed by atoms with E-state index in [0.717, 1.165) is 10.4 Å². The van der Waals surface area contributed by atoms with E-state index in [0.29, 0.717) is 15.7 Å². The van der Waals surface area contributed by atoms with Gasteiger partial charge in [0.25, 0.3) is 0 Å². The van der Waals surface area contributed by atoms with E-state index in [1.807, 2.05) is 57.2 Å². The number of anilines is 1. The zero-order chi connectivity index (χ0) is 17.0. The molecule has 0 radical (unpaired) electrons. The minimum atomic E-state index is -0.385. The Morgan fingerprint density at radius 3 is 2.43 bits per heavy atom. The molecule has 0 bridgehead atoms. The topological polar surface area (TPSA) is 50.4 Å². The molecule has 23 heavy (non-hydrogen) atoms. The summed E-state index contributed by atoms with van der Waals surface area (Å²) >= 11 is 6.80. The van der Waals surface area contributed by atoms with Crippen molar-refractivity contribution in [2.45, 2.75) is 26.3 Å². The van der Waals surface area contributed by atoms with Crippen molar-refractivity contribution in [1.82, 2.24) is 5.32 Å². The number of thiocarbonyl (C=S) groups is 1. The van der Waals surface area contributed by atoms with Gasteiger partial charge in [0.15, 0.2) is 5.11 Å². The lowest BCUT2D eigenvalue weighted by Gasteiger charge is -2.22. The Balaban J connectivity index is 2.32. The molecular weight excluding hydrogens is 328 g/mol. The Hall–Kier alpha value is -1.92. The molecule has 0 saturated carbocycles. The van der Waals surface area contributed by atoms with E-state index >= 15 is 0 Å². The lowest BCUT2D eigenvalue weighted by Crippen LogP contribution is -2.42. The number of carbonyl (C=O) groups is 1. The predicted molar refractivity (Wildman–Crippen MR) is 100 cm³/mol. The van der Waals surface area contributed by atoms with Crippen LogP contribution in [0.1, 0.15) is 31.1 Å². The Labute approximate surface area is 145 Å². The fourth-order valence-electron chi connectivity index (χ4n) is 1.97. The first-order valence-corrected chi connectivity index (χ1v) is 8.39. The third kappa shape index (κ3) is 4.77. The summed E-state index contributed by atoms with van der Waals surface area (Å²) in [7, 11) is 1.37. The average Bonchev–Trinajstić information content (AvgIpc) is 2.89. The first-order valence-electron chi connectivity index (χ1n) is 7.17. The summed E-state index contributed by atoms with van der Waals surface area (Å²) in [6.45, 7) is 6.06. The molecule has 0 aliphatic rings. The first kappa shape index (κ1) is 17.4. The quantitative estimate of drug-likeness (QED) is 0.640. The van der Waals surface area contributed by atoms with Gasteiger partial charge in [-0.25, -0.2) is 4.79 Å². The highest BCUT2D eigenvalue weighted by molar-refractivity contribution is 7.80. The van der Waals surface area contributed by atoms with E-state index in [-0.39, 0.29) is 11.5 Å². The van der Waals surface area contributed by atoms with Gasteiger partial charge < -0.3 is 15.4 Å². The Bertz CT molecular complexity index is 703. The van der Waals surface area contributed by atoms with Crippen LogP contribution < -0.4 is 10.6 Å². The molecule has 0 saturated heterocycles. The van der Waals surface area contributed by atoms with Gasteiger partial charge in [0.2, 0.25) is 0 Å². The van der Waals surface area contributed by atoms with E-state index in [2.05, 4.69) is 10.6 Å². The van der Waals surface area contributed by atoms with Gasteiger partial charge >= 0.3 is 5.97 Å². The second-order valence-corrected chi connectivity index (χ2v) is 7.50. The van der Waals surface area contributed by atoms with Crippen LogP contribution in [0, 0.1) is 0 Å². The van der Waals surface area contributed by atoms with Crippen LogP contribution in [0.5, 0.6) is 0 Å². The highest BCUT2D eigenvalue weighted by atomic mass is 32.1. The molecule has 122 valence electrons. The van der Waals surface area contributed by atoms with Crippen LogP contribution in [0.3, 0.4) is 0 Å². The Kier molecular flexibility index (Phi) is 5.38. The number of hydrogen-bond donors (Lipinski definition) is 2. The number of hydrogen-bond acceptors (Lipinski definition) is 4. The Morgan fingerprint density at radius 2 is 1.87 bits per heavy atom. The number of ether oxygens (including phenoxy) is 1. The molecule has 0 atom stereocenters. The largest absolute Gasteiger partial charge is 0.465 e. The molecule has 0 amide bonds. The number of esters is 1. The standard InChI is InChI=1S/C17H20N2O2S2/c1-17(2,3)19-16(22)18-14-12(15(20)21-4)10-13(23-14)11-8-6-5-7-9-11/h5-10H,1-4H3,(H2,18,19,22). The van der Waals surface area contributed by atoms with Crippen molar-refractivity contribution in [2.24, 2.45) is 0 Å². The molecule has 6 heteroatoms. The SMILES string of the molecule is COC(=O)c1cc(-c2ccccc2)sc1NC(=S)NC(C)(C)C. The summed E-state index contributed by atoms with van der Waals surface area (Å²) in [6.07, 6.45) is 0. The smallest absolute Gasteiger partial charge is 0.340 e. The average molecular weight is 348 g/mol. The number of nitrogens with one attached hydrogen (secondary N) is 2. The fraction of sp³-hybridized carbons (Fsp3) is 0.294. The van der Waals surface area contributed by atoms with Gasteiger partial charge in [0.05, 0.1) is 12.7 Å². The van der Waals surface area contributed by atoms with Crippen molar-refractivity contribution < 1.29 is 9.53 Å². The van der Waals surface area contributed by atoms with Gasteiger partial charge in [-0.1, -0.05) is 30.3 Å². The summed E-state index contributed by atoms with van der Waals surface area (Å²) in [5.41, 5.74) is 1.37. The van der Waals surface area contributed by atoms with Crippen molar-refractivity contribution in [3.63, 3.8) is 0 Å². The minimum Gasteiger partial charge on any atom is -0.465 e. The maximum atomic E-state index is 12.0. The summed E-state index contributed by atoms with van der Waals surface area (Å²) in [5, 5.41) is 7.44. The zero-order valence-electron chi connectivity index (χ0n) is 13.6. The van der Waals surface area contributed by atoms with Gasteiger partial charge in [-0.15, -0.1) is 11.3 Å². The lowest BCUT2D eigenvalue weighted by molar-refractivity contribution is 0.0602. The lowest BCUT2D eigenvalue weighted by atomic mass is 10.1. The van der Waals surface area contributed by atoms with Crippen molar-refractivity contribution >= 4 is 39.6 Å². The summed E-state index contributed by atoms with van der Waals surface area (Å²) in [6, 6.07) is 11.7. The molecule has 0 aliphatic heterocycles. The number of thiophene rings is 1. The molecule has 4 nitrogen and oxygen atoms in total. The van der Waals surface area contributed by atoms with Gasteiger partial charge in [-0.3, -0.25) is 0 Å². The maximum absolute atomic E-state index is 12.0. The predicted octanol–water partition coefficient (Wildman–Crippen LogP) is 4.29. The van der Waals surface area contributed by atoms with E-state index in [1.165, 1.54) is 18.4 Å². The molecule has 2 rings (SSSR count). The highest BCUT2D eigenvalue weighted by Crippen LogP contribution is 2.35. The molecule has 2 N–H and O–H groups in total. The van der Waals surface area contributed by atoms with Crippen molar-refractivity contribution in [1.29, 1.82) is 0 Å². The molecule has 0 fully saturated rings. The van der Waals surface area contributed by atoms with Crippen LogP contribution in [0.25, 0.3) is 10.4 Å². The van der Waals surface area contributed by atoms with Crippen LogP contribution in [-0.2, 0) is 4.74 Å². The molecule has 1 aromatic carbocycles. The van der Waals surface area contributed by atoms with Crippen molar-refractivity contribution in [3.8, 4) is 10.4 Å². The van der Waals surface area contributed by atoms with Crippen molar-refractivity contribution in [3.05, 3.63) is 42.0 Å². The third-order valence-corrected chi connectivity index (χ3v) is 4.21.